The van der Waals surface area contributed by atoms with Gasteiger partial charge < -0.3 is 14.7 Å². The van der Waals surface area contributed by atoms with E-state index in [1.54, 1.807) is 18.2 Å². The fourth-order valence-electron chi connectivity index (χ4n) is 4.86. The van der Waals surface area contributed by atoms with E-state index in [4.69, 9.17) is 4.74 Å². The van der Waals surface area contributed by atoms with E-state index in [-0.39, 0.29) is 18.3 Å². The summed E-state index contributed by atoms with van der Waals surface area (Å²) in [5.41, 5.74) is 2.85. The lowest BCUT2D eigenvalue weighted by atomic mass is 9.83. The van der Waals surface area contributed by atoms with E-state index in [2.05, 4.69) is 36.1 Å². The first-order valence-electron chi connectivity index (χ1n) is 11.6. The molecule has 2 aliphatic rings. The van der Waals surface area contributed by atoms with Gasteiger partial charge in [0.05, 0.1) is 0 Å². The third kappa shape index (κ3) is 5.59. The van der Waals surface area contributed by atoms with Gasteiger partial charge in [-0.15, -0.1) is 0 Å². The topological polar surface area (TPSA) is 53.0 Å². The number of hydrogen-bond donors (Lipinski definition) is 1. The second-order valence-electron chi connectivity index (χ2n) is 8.88. The monoisotopic (exact) mass is 422 g/mol. The van der Waals surface area contributed by atoms with Crippen molar-refractivity contribution in [3.63, 3.8) is 0 Å². The van der Waals surface area contributed by atoms with Crippen molar-refractivity contribution in [3.8, 4) is 11.5 Å². The first-order valence-corrected chi connectivity index (χ1v) is 11.6. The number of phenols is 1. The molecule has 1 unspecified atom stereocenters. The number of aromatic hydroxyl groups is 1. The van der Waals surface area contributed by atoms with Crippen LogP contribution in [0.3, 0.4) is 0 Å². The zero-order valence-electron chi connectivity index (χ0n) is 18.5. The third-order valence-corrected chi connectivity index (χ3v) is 6.89. The molecule has 0 aromatic heterocycles. The van der Waals surface area contributed by atoms with Gasteiger partial charge >= 0.3 is 0 Å². The maximum absolute atomic E-state index is 12.5. The Morgan fingerprint density at radius 3 is 2.42 bits per heavy atom. The van der Waals surface area contributed by atoms with Gasteiger partial charge in [0.2, 0.25) is 0 Å². The van der Waals surface area contributed by atoms with Gasteiger partial charge in [-0.3, -0.25) is 9.69 Å². The number of nitrogens with zero attached hydrogens (tertiary/aromatic N) is 2. The second-order valence-corrected chi connectivity index (χ2v) is 8.88. The molecule has 1 atom stereocenters. The van der Waals surface area contributed by atoms with Gasteiger partial charge in [-0.25, -0.2) is 0 Å². The van der Waals surface area contributed by atoms with Gasteiger partial charge in [0.1, 0.15) is 11.5 Å². The Morgan fingerprint density at radius 2 is 1.74 bits per heavy atom. The molecule has 5 heteroatoms. The molecular weight excluding hydrogens is 388 g/mol. The van der Waals surface area contributed by atoms with Crippen LogP contribution >= 0.6 is 0 Å². The molecule has 0 spiro atoms. The Labute approximate surface area is 185 Å². The zero-order chi connectivity index (χ0) is 21.6. The van der Waals surface area contributed by atoms with E-state index in [1.807, 2.05) is 4.90 Å². The summed E-state index contributed by atoms with van der Waals surface area (Å²) in [6.07, 6.45) is 6.79. The van der Waals surface area contributed by atoms with Gasteiger partial charge in [0.25, 0.3) is 5.91 Å². The van der Waals surface area contributed by atoms with Crippen molar-refractivity contribution < 1.29 is 14.6 Å². The van der Waals surface area contributed by atoms with Crippen molar-refractivity contribution in [2.45, 2.75) is 51.0 Å². The van der Waals surface area contributed by atoms with Crippen LogP contribution in [-0.4, -0.2) is 53.6 Å². The molecule has 31 heavy (non-hydrogen) atoms. The fraction of sp³-hybridized carbons (Fsp3) is 0.500. The molecular formula is C26H34N2O3. The lowest BCUT2D eigenvalue weighted by Crippen LogP contribution is -2.50. The number of carbonyl (C=O) groups excluding carboxylic acids is 1. The Balaban J connectivity index is 1.25. The molecule has 2 aromatic rings. The number of carbonyl (C=O) groups is 1. The summed E-state index contributed by atoms with van der Waals surface area (Å²) >= 11 is 0. The standard InChI is InChI=1S/C26H34N2O3/c1-20(21-10-12-23(13-11-21)22-6-3-2-4-7-22)27-14-16-28(17-15-27)26(30)19-31-25-9-5-8-24(29)18-25/h5,8-13,18,20,22,29H,2-4,6-7,14-17,19H2,1H3. The second kappa shape index (κ2) is 10.2. The Bertz CT molecular complexity index is 853. The molecule has 5 nitrogen and oxygen atoms in total. The molecule has 1 aliphatic carbocycles. The van der Waals surface area contributed by atoms with Gasteiger partial charge in [-0.2, -0.15) is 0 Å². The highest BCUT2D eigenvalue weighted by Crippen LogP contribution is 2.33. The molecule has 1 saturated heterocycles. The molecule has 4 rings (SSSR count). The maximum atomic E-state index is 12.5. The summed E-state index contributed by atoms with van der Waals surface area (Å²) in [6.45, 7) is 5.42. The molecule has 1 saturated carbocycles. The fourth-order valence-corrected chi connectivity index (χ4v) is 4.86. The van der Waals surface area contributed by atoms with Crippen LogP contribution in [0.25, 0.3) is 0 Å². The Hall–Kier alpha value is -2.53. The number of phenolic OH excluding ortho intramolecular Hbond substituents is 1. The van der Waals surface area contributed by atoms with Crippen LogP contribution in [0.1, 0.15) is 62.1 Å². The summed E-state index contributed by atoms with van der Waals surface area (Å²) in [5, 5.41) is 9.50. The molecule has 1 N–H and O–H groups in total. The van der Waals surface area contributed by atoms with Gasteiger partial charge in [-0.05, 0) is 48.9 Å². The molecule has 0 radical (unpaired) electrons. The van der Waals surface area contributed by atoms with E-state index in [9.17, 15) is 9.90 Å². The first kappa shape index (κ1) is 21.7. The highest BCUT2D eigenvalue weighted by Gasteiger charge is 2.25. The summed E-state index contributed by atoms with van der Waals surface area (Å²) in [7, 11) is 0. The largest absolute Gasteiger partial charge is 0.508 e. The molecule has 0 bridgehead atoms. The summed E-state index contributed by atoms with van der Waals surface area (Å²) < 4.78 is 5.54. The highest BCUT2D eigenvalue weighted by molar-refractivity contribution is 5.77. The minimum atomic E-state index is -0.00696. The molecule has 166 valence electrons. The minimum absolute atomic E-state index is 0.00162. The van der Waals surface area contributed by atoms with E-state index in [0.717, 1.165) is 19.0 Å². The molecule has 2 fully saturated rings. The van der Waals surface area contributed by atoms with Crippen molar-refractivity contribution in [2.75, 3.05) is 32.8 Å². The van der Waals surface area contributed by atoms with Gasteiger partial charge in [0.15, 0.2) is 6.61 Å². The molecule has 2 aromatic carbocycles. The van der Waals surface area contributed by atoms with Crippen LogP contribution in [0, 0.1) is 0 Å². The van der Waals surface area contributed by atoms with E-state index in [0.29, 0.717) is 24.9 Å². The quantitative estimate of drug-likeness (QED) is 0.732. The van der Waals surface area contributed by atoms with Gasteiger partial charge in [-0.1, -0.05) is 49.6 Å². The lowest BCUT2D eigenvalue weighted by molar-refractivity contribution is -0.135. The summed E-state index contributed by atoms with van der Waals surface area (Å²) in [6, 6.07) is 16.2. The van der Waals surface area contributed by atoms with Crippen molar-refractivity contribution in [1.82, 2.24) is 9.80 Å². The maximum Gasteiger partial charge on any atom is 0.260 e. The Kier molecular flexibility index (Phi) is 7.13. The summed E-state index contributed by atoms with van der Waals surface area (Å²) in [5.74, 6) is 1.39. The van der Waals surface area contributed by atoms with Crippen LogP contribution in [-0.2, 0) is 4.79 Å². The van der Waals surface area contributed by atoms with Crippen molar-refractivity contribution >= 4 is 5.91 Å². The van der Waals surface area contributed by atoms with Crippen LogP contribution in [0.15, 0.2) is 48.5 Å². The predicted octanol–water partition coefficient (Wildman–Crippen LogP) is 4.72. The number of benzene rings is 2. The first-order chi connectivity index (χ1) is 15.1. The van der Waals surface area contributed by atoms with E-state index >= 15 is 0 Å². The van der Waals surface area contributed by atoms with E-state index < -0.39 is 0 Å². The normalized spacial score (nSPS) is 19.2. The van der Waals surface area contributed by atoms with Crippen LogP contribution in [0.4, 0.5) is 0 Å². The average molecular weight is 423 g/mol. The highest BCUT2D eigenvalue weighted by atomic mass is 16.5. The lowest BCUT2D eigenvalue weighted by Gasteiger charge is -2.38. The van der Waals surface area contributed by atoms with Gasteiger partial charge in [0, 0.05) is 38.3 Å². The smallest absolute Gasteiger partial charge is 0.260 e. The Morgan fingerprint density at radius 1 is 1.03 bits per heavy atom. The SMILES string of the molecule is CC(c1ccc(C2CCCCC2)cc1)N1CCN(C(=O)COc2cccc(O)c2)CC1. The number of piperazine rings is 1. The van der Waals surface area contributed by atoms with E-state index in [1.165, 1.54) is 49.3 Å². The predicted molar refractivity (Wildman–Crippen MR) is 122 cm³/mol. The molecule has 1 amide bonds. The minimum Gasteiger partial charge on any atom is -0.508 e. The van der Waals surface area contributed by atoms with Crippen LogP contribution in [0.5, 0.6) is 11.5 Å². The zero-order valence-corrected chi connectivity index (χ0v) is 18.5. The van der Waals surface area contributed by atoms with Crippen molar-refractivity contribution in [3.05, 3.63) is 59.7 Å². The summed E-state index contributed by atoms with van der Waals surface area (Å²) in [4.78, 5) is 16.8. The number of amides is 1. The van der Waals surface area contributed by atoms with Crippen molar-refractivity contribution in [2.24, 2.45) is 0 Å². The van der Waals surface area contributed by atoms with Crippen LogP contribution in [0.2, 0.25) is 0 Å². The molecule has 1 heterocycles. The third-order valence-electron chi connectivity index (χ3n) is 6.89. The number of rotatable bonds is 6. The average Bonchev–Trinajstić information content (AvgIpc) is 2.83. The number of hydrogen-bond acceptors (Lipinski definition) is 4. The molecule has 1 aliphatic heterocycles. The van der Waals surface area contributed by atoms with Crippen LogP contribution < -0.4 is 4.74 Å². The number of ether oxygens (including phenoxy) is 1. The van der Waals surface area contributed by atoms with Crippen molar-refractivity contribution in [1.29, 1.82) is 0 Å².